The SMILES string of the molecule is CC1(C)c2ccccc2-c2cc(-c3ccc(N(c4ccc(-c5ccc6sc7ccccc7c6c5)cc4)c4ccc(-c5cccc6oc7ccccc7c56)cc4)cc3)ccc21. The lowest BCUT2D eigenvalue weighted by molar-refractivity contribution is 0.660. The highest BCUT2D eigenvalue weighted by molar-refractivity contribution is 7.25. The van der Waals surface area contributed by atoms with Gasteiger partial charge in [-0.3, -0.25) is 0 Å². The van der Waals surface area contributed by atoms with Crippen LogP contribution in [0.4, 0.5) is 17.1 Å². The Morgan fingerprint density at radius 2 is 0.917 bits per heavy atom. The standard InChI is InChI=1S/C57H39NOS/c1-57(2)50-14-6-3-10-45(50)48-34-39(24-32-51(48)57)36-18-26-41(27-19-36)58(42-28-20-37(21-29-42)40-25-33-55-49(35-40)46-11-5-8-17-54(46)60-55)43-30-22-38(23-31-43)44-13-9-16-53-56(44)47-12-4-7-15-52(47)59-53/h3-35H,1-2H3. The van der Waals surface area contributed by atoms with E-state index >= 15 is 0 Å². The fourth-order valence-corrected chi connectivity index (χ4v) is 10.8. The molecule has 0 aliphatic heterocycles. The molecule has 9 aromatic carbocycles. The number of fused-ring (bicyclic) bond motifs is 9. The minimum atomic E-state index is -0.0101. The Kier molecular flexibility index (Phi) is 7.79. The number of benzene rings is 9. The Balaban J connectivity index is 0.933. The normalized spacial score (nSPS) is 13.0. The Morgan fingerprint density at radius 1 is 0.383 bits per heavy atom. The van der Waals surface area contributed by atoms with E-state index in [-0.39, 0.29) is 5.41 Å². The van der Waals surface area contributed by atoms with E-state index < -0.39 is 0 Å². The second-order valence-corrected chi connectivity index (χ2v) is 17.6. The van der Waals surface area contributed by atoms with Gasteiger partial charge in [0.05, 0.1) is 0 Å². The molecule has 12 rings (SSSR count). The fourth-order valence-electron chi connectivity index (χ4n) is 9.66. The predicted molar refractivity (Wildman–Crippen MR) is 255 cm³/mol. The molecule has 0 amide bonds. The number of rotatable bonds is 6. The van der Waals surface area contributed by atoms with Gasteiger partial charge in [-0.1, -0.05) is 141 Å². The lowest BCUT2D eigenvalue weighted by atomic mass is 9.82. The number of thiophene rings is 1. The third kappa shape index (κ3) is 5.47. The van der Waals surface area contributed by atoms with Crippen molar-refractivity contribution < 1.29 is 4.42 Å². The van der Waals surface area contributed by atoms with Gasteiger partial charge in [-0.05, 0) is 128 Å². The van der Waals surface area contributed by atoms with Crippen LogP contribution >= 0.6 is 11.3 Å². The van der Waals surface area contributed by atoms with Crippen LogP contribution in [0, 0.1) is 0 Å². The van der Waals surface area contributed by atoms with E-state index in [1.54, 1.807) is 0 Å². The second-order valence-electron chi connectivity index (χ2n) is 16.5. The van der Waals surface area contributed by atoms with Crippen LogP contribution in [0.2, 0.25) is 0 Å². The first-order valence-electron chi connectivity index (χ1n) is 20.7. The maximum absolute atomic E-state index is 6.25. The van der Waals surface area contributed by atoms with E-state index in [0.29, 0.717) is 0 Å². The third-order valence-electron chi connectivity index (χ3n) is 12.7. The molecule has 0 bridgehead atoms. The molecule has 0 spiro atoms. The molecule has 1 aliphatic carbocycles. The van der Waals surface area contributed by atoms with Gasteiger partial charge >= 0.3 is 0 Å². The van der Waals surface area contributed by atoms with Gasteiger partial charge in [-0.2, -0.15) is 0 Å². The molecule has 2 nitrogen and oxygen atoms in total. The van der Waals surface area contributed by atoms with Crippen molar-refractivity contribution in [2.75, 3.05) is 4.90 Å². The summed E-state index contributed by atoms with van der Waals surface area (Å²) in [6, 6.07) is 73.2. The van der Waals surface area contributed by atoms with E-state index in [1.165, 1.54) is 70.2 Å². The molecule has 3 heteroatoms. The van der Waals surface area contributed by atoms with Crippen molar-refractivity contribution >= 4 is 70.5 Å². The lowest BCUT2D eigenvalue weighted by Gasteiger charge is -2.26. The summed E-state index contributed by atoms with van der Waals surface area (Å²) in [7, 11) is 0. The maximum atomic E-state index is 6.25. The van der Waals surface area contributed by atoms with Crippen molar-refractivity contribution in [2.24, 2.45) is 0 Å². The highest BCUT2D eigenvalue weighted by Gasteiger charge is 2.35. The summed E-state index contributed by atoms with van der Waals surface area (Å²) in [5.41, 5.74) is 17.7. The van der Waals surface area contributed by atoms with Crippen molar-refractivity contribution in [3.63, 3.8) is 0 Å². The molecular formula is C57H39NOS. The Labute approximate surface area is 353 Å². The van der Waals surface area contributed by atoms with Crippen LogP contribution in [0.1, 0.15) is 25.0 Å². The Morgan fingerprint density at radius 3 is 1.67 bits per heavy atom. The van der Waals surface area contributed by atoms with E-state index in [2.05, 4.69) is 207 Å². The van der Waals surface area contributed by atoms with E-state index in [4.69, 9.17) is 4.42 Å². The average Bonchev–Trinajstić information content (AvgIpc) is 3.94. The van der Waals surface area contributed by atoms with Crippen molar-refractivity contribution in [1.29, 1.82) is 0 Å². The molecule has 284 valence electrons. The summed E-state index contributed by atoms with van der Waals surface area (Å²) in [4.78, 5) is 2.36. The van der Waals surface area contributed by atoms with Gasteiger partial charge < -0.3 is 9.32 Å². The first kappa shape index (κ1) is 34.8. The van der Waals surface area contributed by atoms with Crippen LogP contribution in [0.3, 0.4) is 0 Å². The molecule has 0 atom stereocenters. The number of nitrogens with zero attached hydrogens (tertiary/aromatic N) is 1. The van der Waals surface area contributed by atoms with Crippen LogP contribution < -0.4 is 4.90 Å². The van der Waals surface area contributed by atoms with Crippen LogP contribution in [-0.2, 0) is 5.41 Å². The average molecular weight is 786 g/mol. The quantitative estimate of drug-likeness (QED) is 0.167. The summed E-state index contributed by atoms with van der Waals surface area (Å²) in [5, 5.41) is 4.92. The number of furan rings is 1. The van der Waals surface area contributed by atoms with E-state index in [9.17, 15) is 0 Å². The number of hydrogen-bond acceptors (Lipinski definition) is 3. The molecular weight excluding hydrogens is 747 g/mol. The van der Waals surface area contributed by atoms with Gasteiger partial charge in [0.25, 0.3) is 0 Å². The van der Waals surface area contributed by atoms with Gasteiger partial charge in [-0.15, -0.1) is 11.3 Å². The maximum Gasteiger partial charge on any atom is 0.136 e. The summed E-state index contributed by atoms with van der Waals surface area (Å²) in [6.07, 6.45) is 0. The Bertz CT molecular complexity index is 3440. The molecule has 0 radical (unpaired) electrons. The summed E-state index contributed by atoms with van der Waals surface area (Å²) in [5.74, 6) is 0. The Hall–Kier alpha value is -7.20. The number of para-hydroxylation sites is 1. The fraction of sp³-hybridized carbons (Fsp3) is 0.0526. The zero-order valence-electron chi connectivity index (χ0n) is 33.3. The summed E-state index contributed by atoms with van der Waals surface area (Å²) < 4.78 is 8.90. The summed E-state index contributed by atoms with van der Waals surface area (Å²) >= 11 is 1.86. The topological polar surface area (TPSA) is 16.4 Å². The van der Waals surface area contributed by atoms with E-state index in [0.717, 1.165) is 44.6 Å². The molecule has 0 saturated heterocycles. The second kappa shape index (κ2) is 13.4. The smallest absolute Gasteiger partial charge is 0.136 e. The predicted octanol–water partition coefficient (Wildman–Crippen LogP) is 16.7. The zero-order chi connectivity index (χ0) is 40.0. The first-order chi connectivity index (χ1) is 29.5. The number of anilines is 3. The molecule has 0 unspecified atom stereocenters. The van der Waals surface area contributed by atoms with Gasteiger partial charge in [-0.25, -0.2) is 0 Å². The van der Waals surface area contributed by atoms with Gasteiger partial charge in [0.15, 0.2) is 0 Å². The molecule has 0 fully saturated rings. The molecule has 2 aromatic heterocycles. The molecule has 1 aliphatic rings. The highest BCUT2D eigenvalue weighted by atomic mass is 32.1. The van der Waals surface area contributed by atoms with Gasteiger partial charge in [0.1, 0.15) is 11.2 Å². The van der Waals surface area contributed by atoms with E-state index in [1.807, 2.05) is 23.5 Å². The minimum Gasteiger partial charge on any atom is -0.456 e. The molecule has 0 N–H and O–H groups in total. The van der Waals surface area contributed by atoms with Crippen molar-refractivity contribution in [3.05, 3.63) is 211 Å². The van der Waals surface area contributed by atoms with Crippen LogP contribution in [0.5, 0.6) is 0 Å². The summed E-state index contributed by atoms with van der Waals surface area (Å²) in [6.45, 7) is 4.67. The van der Waals surface area contributed by atoms with Crippen molar-refractivity contribution in [3.8, 4) is 44.5 Å². The van der Waals surface area contributed by atoms with Crippen molar-refractivity contribution in [2.45, 2.75) is 19.3 Å². The van der Waals surface area contributed by atoms with Gasteiger partial charge in [0, 0.05) is 53.4 Å². The van der Waals surface area contributed by atoms with Crippen LogP contribution in [-0.4, -0.2) is 0 Å². The lowest BCUT2D eigenvalue weighted by Crippen LogP contribution is -2.14. The third-order valence-corrected chi connectivity index (χ3v) is 13.9. The van der Waals surface area contributed by atoms with Crippen LogP contribution in [0.15, 0.2) is 205 Å². The molecule has 60 heavy (non-hydrogen) atoms. The zero-order valence-corrected chi connectivity index (χ0v) is 34.1. The van der Waals surface area contributed by atoms with Gasteiger partial charge in [0.2, 0.25) is 0 Å². The molecule has 0 saturated carbocycles. The monoisotopic (exact) mass is 785 g/mol. The largest absolute Gasteiger partial charge is 0.456 e. The highest BCUT2D eigenvalue weighted by Crippen LogP contribution is 2.50. The van der Waals surface area contributed by atoms with Crippen LogP contribution in [0.25, 0.3) is 86.6 Å². The number of hydrogen-bond donors (Lipinski definition) is 0. The van der Waals surface area contributed by atoms with Crippen molar-refractivity contribution in [1.82, 2.24) is 0 Å². The first-order valence-corrected chi connectivity index (χ1v) is 21.5. The molecule has 2 heterocycles. The minimum absolute atomic E-state index is 0.0101. The molecule has 11 aromatic rings.